The quantitative estimate of drug-likeness (QED) is 0.183. The Balaban J connectivity index is 0.000000339. The third-order valence-corrected chi connectivity index (χ3v) is 7.32. The van der Waals surface area contributed by atoms with E-state index in [4.69, 9.17) is 0 Å². The Kier molecular flexibility index (Phi) is 6.67. The highest BCUT2D eigenvalue weighted by Crippen LogP contribution is 2.45. The van der Waals surface area contributed by atoms with Gasteiger partial charge in [-0.2, -0.15) is 0 Å². The highest BCUT2D eigenvalue weighted by atomic mass is 19.3. The van der Waals surface area contributed by atoms with Crippen LogP contribution in [-0.4, -0.2) is 22.9 Å². The summed E-state index contributed by atoms with van der Waals surface area (Å²) in [4.78, 5) is 11.9. The van der Waals surface area contributed by atoms with Crippen LogP contribution in [0.5, 0.6) is 0 Å². The maximum Gasteiger partial charge on any atom is 0.328 e. The van der Waals surface area contributed by atoms with Crippen LogP contribution in [-0.2, 0) is 17.6 Å². The number of carboxylic acid groups (broad SMARTS) is 1. The molecule has 4 aromatic carbocycles. The average molecular weight is 531 g/mol. The molecule has 0 atom stereocenters. The largest absolute Gasteiger partial charge is 0.478 e. The second kappa shape index (κ2) is 9.84. The van der Waals surface area contributed by atoms with E-state index < -0.39 is 17.8 Å². The summed E-state index contributed by atoms with van der Waals surface area (Å²) in [5.41, 5.74) is 12.8. The molecule has 6 heteroatoms. The third kappa shape index (κ3) is 4.99. The molecule has 0 saturated carbocycles. The first-order chi connectivity index (χ1) is 18.5. The summed E-state index contributed by atoms with van der Waals surface area (Å²) in [6, 6.07) is 29.4. The van der Waals surface area contributed by atoms with Crippen molar-refractivity contribution in [2.45, 2.75) is 38.5 Å². The van der Waals surface area contributed by atoms with Gasteiger partial charge in [0.15, 0.2) is 0 Å². The average Bonchev–Trinajstić information content (AvgIpc) is 3.45. The van der Waals surface area contributed by atoms with Crippen molar-refractivity contribution < 1.29 is 27.5 Å². The number of hydrogen-bond donors (Lipinski definition) is 1. The van der Waals surface area contributed by atoms with E-state index in [-0.39, 0.29) is 13.8 Å². The van der Waals surface area contributed by atoms with Gasteiger partial charge in [-0.3, -0.25) is 0 Å². The molecule has 198 valence electrons. The van der Waals surface area contributed by atoms with E-state index in [9.17, 15) is 27.5 Å². The number of benzene rings is 4. The van der Waals surface area contributed by atoms with Gasteiger partial charge in [-0.15, -0.1) is 0 Å². The van der Waals surface area contributed by atoms with Crippen molar-refractivity contribution in [2.24, 2.45) is 0 Å². The van der Waals surface area contributed by atoms with Crippen molar-refractivity contribution in [3.05, 3.63) is 124 Å². The van der Waals surface area contributed by atoms with Crippen molar-refractivity contribution >= 4 is 11.5 Å². The van der Waals surface area contributed by atoms with Crippen molar-refractivity contribution in [1.82, 2.24) is 0 Å². The zero-order valence-corrected chi connectivity index (χ0v) is 21.4. The number of rotatable bonds is 4. The predicted octanol–water partition coefficient (Wildman–Crippen LogP) is 8.64. The predicted molar refractivity (Wildman–Crippen MR) is 145 cm³/mol. The minimum atomic E-state index is -3.90. The molecule has 0 aromatic heterocycles. The summed E-state index contributed by atoms with van der Waals surface area (Å²) >= 11 is 0. The fourth-order valence-electron chi connectivity index (χ4n) is 5.24. The van der Waals surface area contributed by atoms with Gasteiger partial charge in [-0.05, 0) is 74.0 Å². The molecule has 0 unspecified atom stereocenters. The first-order valence-electron chi connectivity index (χ1n) is 12.6. The summed E-state index contributed by atoms with van der Waals surface area (Å²) in [6.45, 7) is 0.375. The fraction of sp³-hybridized carbons (Fsp3) is 0.182. The molecule has 0 radical (unpaired) electrons. The van der Waals surface area contributed by atoms with Crippen molar-refractivity contribution in [3.63, 3.8) is 0 Å². The van der Waals surface area contributed by atoms with E-state index >= 15 is 0 Å². The first kappa shape index (κ1) is 26.4. The lowest BCUT2D eigenvalue weighted by Gasteiger charge is -2.17. The molecule has 39 heavy (non-hydrogen) atoms. The van der Waals surface area contributed by atoms with E-state index in [1.165, 1.54) is 50.6 Å². The molecule has 6 rings (SSSR count). The molecule has 1 N–H and O–H groups in total. The molecular formula is C33H26F4O2. The molecular weight excluding hydrogens is 504 g/mol. The Bertz CT molecular complexity index is 1500. The van der Waals surface area contributed by atoms with Gasteiger partial charge in [0.2, 0.25) is 0 Å². The summed E-state index contributed by atoms with van der Waals surface area (Å²) in [5.74, 6) is -8.71. The minimum Gasteiger partial charge on any atom is -0.478 e. The molecule has 0 spiro atoms. The maximum absolute atomic E-state index is 11.9. The minimum absolute atomic E-state index is 0.188. The third-order valence-electron chi connectivity index (χ3n) is 7.32. The molecule has 2 aliphatic rings. The second-order valence-electron chi connectivity index (χ2n) is 10.0. The van der Waals surface area contributed by atoms with Crippen LogP contribution in [0, 0.1) is 0 Å². The van der Waals surface area contributed by atoms with Crippen LogP contribution in [0.15, 0.2) is 91.0 Å². The Morgan fingerprint density at radius 1 is 0.641 bits per heavy atom. The monoisotopic (exact) mass is 530 g/mol. The topological polar surface area (TPSA) is 37.3 Å². The van der Waals surface area contributed by atoms with Gasteiger partial charge in [0, 0.05) is 19.9 Å². The van der Waals surface area contributed by atoms with Gasteiger partial charge in [0.05, 0.1) is 0 Å². The highest BCUT2D eigenvalue weighted by Gasteiger charge is 2.47. The number of aliphatic carboxylic acids is 1. The number of alkyl halides is 4. The number of carbonyl (C=O) groups is 1. The van der Waals surface area contributed by atoms with Gasteiger partial charge < -0.3 is 5.11 Å². The van der Waals surface area contributed by atoms with E-state index in [0.29, 0.717) is 0 Å². The number of carboxylic acids is 1. The van der Waals surface area contributed by atoms with Gasteiger partial charge in [0.1, 0.15) is 0 Å². The number of hydrogen-bond acceptors (Lipinski definition) is 1. The standard InChI is InChI=1S/C29H20O2.C4H6F4/c30-29(31)17-28(24-13-5-11-22-20-9-3-1-7-18(20)15-26(22)24)25-14-6-12-23-21-10-4-2-8-19(21)16-27(23)25;1-3(5,6)4(2,7)8/h1-14,17H,15-16H2,(H,30,31);1-2H3. The van der Waals surface area contributed by atoms with E-state index in [1.54, 1.807) is 0 Å². The summed E-state index contributed by atoms with van der Waals surface area (Å²) in [5, 5.41) is 9.77. The molecule has 2 nitrogen and oxygen atoms in total. The normalized spacial score (nSPS) is 12.9. The summed E-state index contributed by atoms with van der Waals surface area (Å²) < 4.78 is 45.9. The number of fused-ring (bicyclic) bond motifs is 6. The molecule has 0 aliphatic heterocycles. The maximum atomic E-state index is 11.9. The summed E-state index contributed by atoms with van der Waals surface area (Å²) in [7, 11) is 0. The van der Waals surface area contributed by atoms with Crippen molar-refractivity contribution in [1.29, 1.82) is 0 Å². The molecule has 0 amide bonds. The van der Waals surface area contributed by atoms with Gasteiger partial charge in [-0.25, -0.2) is 22.4 Å². The lowest BCUT2D eigenvalue weighted by molar-refractivity contribution is -0.185. The Morgan fingerprint density at radius 3 is 1.41 bits per heavy atom. The lowest BCUT2D eigenvalue weighted by Crippen LogP contribution is -2.33. The SMILES string of the molecule is CC(F)(F)C(C)(F)F.O=C(O)C=C(c1cccc2c1Cc1ccccc1-2)c1cccc2c1Cc1ccccc1-2. The van der Waals surface area contributed by atoms with Crippen LogP contribution in [0.2, 0.25) is 0 Å². The fourth-order valence-corrected chi connectivity index (χ4v) is 5.24. The van der Waals surface area contributed by atoms with Crippen molar-refractivity contribution in [2.75, 3.05) is 0 Å². The molecule has 0 saturated heterocycles. The Labute approximate surface area is 224 Å². The van der Waals surface area contributed by atoms with Gasteiger partial charge in [0.25, 0.3) is 0 Å². The van der Waals surface area contributed by atoms with Crippen LogP contribution in [0.3, 0.4) is 0 Å². The van der Waals surface area contributed by atoms with E-state index in [1.807, 2.05) is 12.1 Å². The van der Waals surface area contributed by atoms with E-state index in [2.05, 4.69) is 72.8 Å². The van der Waals surface area contributed by atoms with E-state index in [0.717, 1.165) is 29.5 Å². The lowest BCUT2D eigenvalue weighted by atomic mass is 9.87. The highest BCUT2D eigenvalue weighted by molar-refractivity contribution is 5.99. The van der Waals surface area contributed by atoms with Crippen LogP contribution in [0.25, 0.3) is 27.8 Å². The Hall–Kier alpha value is -4.19. The van der Waals surface area contributed by atoms with Crippen LogP contribution in [0.1, 0.15) is 47.2 Å². The van der Waals surface area contributed by atoms with Gasteiger partial charge in [-0.1, -0.05) is 84.9 Å². The molecule has 0 fully saturated rings. The molecule has 0 heterocycles. The number of halogens is 4. The van der Waals surface area contributed by atoms with Crippen LogP contribution < -0.4 is 0 Å². The van der Waals surface area contributed by atoms with Crippen molar-refractivity contribution in [3.8, 4) is 22.3 Å². The smallest absolute Gasteiger partial charge is 0.328 e. The zero-order valence-electron chi connectivity index (χ0n) is 21.4. The van der Waals surface area contributed by atoms with Gasteiger partial charge >= 0.3 is 17.8 Å². The second-order valence-corrected chi connectivity index (χ2v) is 10.0. The molecule has 0 bridgehead atoms. The zero-order chi connectivity index (χ0) is 27.9. The van der Waals surface area contributed by atoms with Crippen LogP contribution in [0.4, 0.5) is 17.6 Å². The summed E-state index contributed by atoms with van der Waals surface area (Å²) in [6.07, 6.45) is 3.04. The first-order valence-corrected chi connectivity index (χ1v) is 12.6. The molecule has 2 aliphatic carbocycles. The molecule has 4 aromatic rings. The Morgan fingerprint density at radius 2 is 1.03 bits per heavy atom. The van der Waals surface area contributed by atoms with Crippen LogP contribution >= 0.6 is 0 Å².